The number of halogens is 1. The van der Waals surface area contributed by atoms with Crippen molar-refractivity contribution in [1.82, 2.24) is 10.2 Å². The summed E-state index contributed by atoms with van der Waals surface area (Å²) >= 11 is 0. The predicted octanol–water partition coefficient (Wildman–Crippen LogP) is 2.41. The van der Waals surface area contributed by atoms with Gasteiger partial charge < -0.3 is 11.1 Å². The van der Waals surface area contributed by atoms with Gasteiger partial charge in [0.25, 0.3) is 0 Å². The third kappa shape index (κ3) is 5.39. The first kappa shape index (κ1) is 19.7. The van der Waals surface area contributed by atoms with Gasteiger partial charge >= 0.3 is 0 Å². The van der Waals surface area contributed by atoms with E-state index in [1.54, 1.807) is 0 Å². The molecule has 5 heteroatoms. The lowest BCUT2D eigenvalue weighted by atomic mass is 9.78. The third-order valence-corrected chi connectivity index (χ3v) is 5.71. The Morgan fingerprint density at radius 3 is 2.68 bits per heavy atom. The molecule has 0 aromatic carbocycles. The Kier molecular flexibility index (Phi) is 8.15. The molecule has 1 aliphatic heterocycles. The fourth-order valence-electron chi connectivity index (χ4n) is 3.91. The number of hydrogen-bond acceptors (Lipinski definition) is 3. The monoisotopic (exact) mass is 331 g/mol. The number of nitrogens with zero attached hydrogens (tertiary/aromatic N) is 1. The minimum Gasteiger partial charge on any atom is -0.352 e. The molecule has 2 fully saturated rings. The van der Waals surface area contributed by atoms with Crippen molar-refractivity contribution in [2.24, 2.45) is 23.5 Å². The molecular formula is C17H34ClN3O. The van der Waals surface area contributed by atoms with E-state index in [2.05, 4.69) is 31.0 Å². The van der Waals surface area contributed by atoms with E-state index in [1.165, 1.54) is 19.3 Å². The third-order valence-electron chi connectivity index (χ3n) is 5.71. The van der Waals surface area contributed by atoms with Crippen LogP contribution in [0.25, 0.3) is 0 Å². The molecule has 3 N–H and O–H groups in total. The molecule has 1 amide bonds. The Labute approximate surface area is 142 Å². The van der Waals surface area contributed by atoms with Gasteiger partial charge in [-0.2, -0.15) is 0 Å². The van der Waals surface area contributed by atoms with Crippen LogP contribution in [0.5, 0.6) is 0 Å². The van der Waals surface area contributed by atoms with Crippen LogP contribution in [-0.2, 0) is 4.79 Å². The first-order chi connectivity index (χ1) is 9.97. The average molecular weight is 332 g/mol. The first-order valence-corrected chi connectivity index (χ1v) is 8.74. The molecule has 5 atom stereocenters. The van der Waals surface area contributed by atoms with Gasteiger partial charge in [-0.05, 0) is 50.5 Å². The normalized spacial score (nSPS) is 34.5. The van der Waals surface area contributed by atoms with E-state index in [9.17, 15) is 4.79 Å². The van der Waals surface area contributed by atoms with Crippen LogP contribution < -0.4 is 11.1 Å². The highest BCUT2D eigenvalue weighted by Crippen LogP contribution is 2.29. The summed E-state index contributed by atoms with van der Waals surface area (Å²) in [5, 5.41) is 3.28. The minimum absolute atomic E-state index is 0. The van der Waals surface area contributed by atoms with Gasteiger partial charge in [-0.25, -0.2) is 0 Å². The SMILES string of the molecule is CC(N)C1CCCN(CC(=O)NC2CCCC(C)C2C)C1.Cl. The van der Waals surface area contributed by atoms with Gasteiger partial charge in [0.05, 0.1) is 6.54 Å². The fourth-order valence-corrected chi connectivity index (χ4v) is 3.91. The minimum atomic E-state index is 0. The number of amides is 1. The van der Waals surface area contributed by atoms with Crippen molar-refractivity contribution >= 4 is 18.3 Å². The summed E-state index contributed by atoms with van der Waals surface area (Å²) in [6.07, 6.45) is 6.05. The highest BCUT2D eigenvalue weighted by atomic mass is 35.5. The van der Waals surface area contributed by atoms with E-state index in [0.717, 1.165) is 31.8 Å². The molecular weight excluding hydrogens is 298 g/mol. The summed E-state index contributed by atoms with van der Waals surface area (Å²) in [5.74, 6) is 2.06. The lowest BCUT2D eigenvalue weighted by molar-refractivity contribution is -0.124. The van der Waals surface area contributed by atoms with Crippen LogP contribution in [0, 0.1) is 17.8 Å². The van der Waals surface area contributed by atoms with Gasteiger partial charge in [0, 0.05) is 18.6 Å². The molecule has 0 bridgehead atoms. The smallest absolute Gasteiger partial charge is 0.234 e. The number of carbonyl (C=O) groups excluding carboxylic acids is 1. The quantitative estimate of drug-likeness (QED) is 0.831. The predicted molar refractivity (Wildman–Crippen MR) is 94.2 cm³/mol. The number of carbonyl (C=O) groups is 1. The van der Waals surface area contributed by atoms with E-state index in [0.29, 0.717) is 24.4 Å². The fraction of sp³-hybridized carbons (Fsp3) is 0.941. The molecule has 1 aliphatic carbocycles. The van der Waals surface area contributed by atoms with E-state index in [1.807, 2.05) is 0 Å². The molecule has 22 heavy (non-hydrogen) atoms. The number of nitrogens with two attached hydrogens (primary N) is 1. The van der Waals surface area contributed by atoms with E-state index in [4.69, 9.17) is 5.73 Å². The van der Waals surface area contributed by atoms with Crippen molar-refractivity contribution in [3.63, 3.8) is 0 Å². The molecule has 0 radical (unpaired) electrons. The van der Waals surface area contributed by atoms with Crippen molar-refractivity contribution in [2.75, 3.05) is 19.6 Å². The average Bonchev–Trinajstić information content (AvgIpc) is 2.44. The second-order valence-corrected chi connectivity index (χ2v) is 7.44. The Hall–Kier alpha value is -0.320. The van der Waals surface area contributed by atoms with E-state index in [-0.39, 0.29) is 24.4 Å². The number of rotatable bonds is 4. The van der Waals surface area contributed by atoms with Crippen LogP contribution >= 0.6 is 12.4 Å². The molecule has 2 aliphatic rings. The lowest BCUT2D eigenvalue weighted by Gasteiger charge is -2.37. The largest absolute Gasteiger partial charge is 0.352 e. The number of hydrogen-bond donors (Lipinski definition) is 2. The van der Waals surface area contributed by atoms with Crippen molar-refractivity contribution in [3.8, 4) is 0 Å². The van der Waals surface area contributed by atoms with Crippen LogP contribution in [0.2, 0.25) is 0 Å². The maximum atomic E-state index is 12.3. The molecule has 4 nitrogen and oxygen atoms in total. The number of piperidine rings is 1. The summed E-state index contributed by atoms with van der Waals surface area (Å²) in [6, 6.07) is 0.602. The maximum absolute atomic E-state index is 12.3. The summed E-state index contributed by atoms with van der Waals surface area (Å²) in [5.41, 5.74) is 6.02. The topological polar surface area (TPSA) is 58.4 Å². The number of likely N-dealkylation sites (tertiary alicyclic amines) is 1. The Bertz CT molecular complexity index is 351. The molecule has 0 aromatic heterocycles. The molecule has 1 saturated carbocycles. The Balaban J connectivity index is 0.00000242. The zero-order chi connectivity index (χ0) is 15.4. The van der Waals surface area contributed by atoms with Gasteiger partial charge in [0.15, 0.2) is 0 Å². The summed E-state index contributed by atoms with van der Waals surface area (Å²) in [6.45, 7) is 9.22. The van der Waals surface area contributed by atoms with Crippen molar-refractivity contribution in [3.05, 3.63) is 0 Å². The first-order valence-electron chi connectivity index (χ1n) is 8.74. The zero-order valence-corrected chi connectivity index (χ0v) is 15.2. The van der Waals surface area contributed by atoms with Crippen LogP contribution in [0.1, 0.15) is 52.9 Å². The van der Waals surface area contributed by atoms with Crippen molar-refractivity contribution < 1.29 is 4.79 Å². The van der Waals surface area contributed by atoms with Gasteiger partial charge in [-0.15, -0.1) is 12.4 Å². The highest BCUT2D eigenvalue weighted by Gasteiger charge is 2.29. The summed E-state index contributed by atoms with van der Waals surface area (Å²) in [4.78, 5) is 14.6. The molecule has 1 heterocycles. The molecule has 2 rings (SSSR count). The van der Waals surface area contributed by atoms with Gasteiger partial charge in [-0.3, -0.25) is 9.69 Å². The molecule has 130 valence electrons. The van der Waals surface area contributed by atoms with Crippen LogP contribution in [-0.4, -0.2) is 42.5 Å². The Morgan fingerprint density at radius 2 is 2.00 bits per heavy atom. The van der Waals surface area contributed by atoms with Gasteiger partial charge in [-0.1, -0.05) is 26.7 Å². The second kappa shape index (κ2) is 9.09. The maximum Gasteiger partial charge on any atom is 0.234 e. The van der Waals surface area contributed by atoms with E-state index < -0.39 is 0 Å². The lowest BCUT2D eigenvalue weighted by Crippen LogP contribution is -2.50. The molecule has 5 unspecified atom stereocenters. The van der Waals surface area contributed by atoms with Gasteiger partial charge in [0.2, 0.25) is 5.91 Å². The van der Waals surface area contributed by atoms with Crippen LogP contribution in [0.4, 0.5) is 0 Å². The van der Waals surface area contributed by atoms with E-state index >= 15 is 0 Å². The standard InChI is InChI=1S/C17H33N3O.ClH/c1-12-6-4-8-16(13(12)2)19-17(21)11-20-9-5-7-15(10-20)14(3)18;/h12-16H,4-11,18H2,1-3H3,(H,19,21);1H. The summed E-state index contributed by atoms with van der Waals surface area (Å²) < 4.78 is 0. The second-order valence-electron chi connectivity index (χ2n) is 7.44. The van der Waals surface area contributed by atoms with Crippen LogP contribution in [0.3, 0.4) is 0 Å². The van der Waals surface area contributed by atoms with Crippen molar-refractivity contribution in [1.29, 1.82) is 0 Å². The van der Waals surface area contributed by atoms with Crippen molar-refractivity contribution in [2.45, 2.75) is 65.0 Å². The molecule has 0 spiro atoms. The number of nitrogens with one attached hydrogen (secondary N) is 1. The molecule has 0 aromatic rings. The highest BCUT2D eigenvalue weighted by molar-refractivity contribution is 5.85. The summed E-state index contributed by atoms with van der Waals surface area (Å²) in [7, 11) is 0. The van der Waals surface area contributed by atoms with Crippen LogP contribution in [0.15, 0.2) is 0 Å². The molecule has 1 saturated heterocycles. The van der Waals surface area contributed by atoms with Gasteiger partial charge in [0.1, 0.15) is 0 Å². The zero-order valence-electron chi connectivity index (χ0n) is 14.4. The Morgan fingerprint density at radius 1 is 1.27 bits per heavy atom.